The fraction of sp³-hybridized carbons (Fsp3) is 0.424. The molecule has 0 atom stereocenters. The van der Waals surface area contributed by atoms with Crippen LogP contribution in [-0.4, -0.2) is 75.8 Å². The number of amides is 1. The van der Waals surface area contributed by atoms with Gasteiger partial charge in [0.05, 0.1) is 10.6 Å². The van der Waals surface area contributed by atoms with Crippen LogP contribution in [-0.2, 0) is 10.0 Å². The van der Waals surface area contributed by atoms with Crippen molar-refractivity contribution in [3.8, 4) is 17.2 Å². The summed E-state index contributed by atoms with van der Waals surface area (Å²) in [5.41, 5.74) is 0.471. The predicted octanol–water partition coefficient (Wildman–Crippen LogP) is 6.25. The average Bonchev–Trinajstić information content (AvgIpc) is 3.05. The Labute approximate surface area is 267 Å². The first kappa shape index (κ1) is 33.6. The number of halogens is 3. The number of alkyl halides is 3. The van der Waals surface area contributed by atoms with Gasteiger partial charge in [-0.05, 0) is 125 Å². The lowest BCUT2D eigenvalue weighted by molar-refractivity contribution is -0.274. The van der Waals surface area contributed by atoms with E-state index in [0.29, 0.717) is 18.2 Å². The van der Waals surface area contributed by atoms with Crippen LogP contribution in [0.5, 0.6) is 17.2 Å². The van der Waals surface area contributed by atoms with Crippen molar-refractivity contribution in [2.24, 2.45) is 0 Å². The number of hydrogen-bond acceptors (Lipinski definition) is 7. The number of carbonyl (C=O) groups excluding carboxylic acids is 1. The third-order valence-electron chi connectivity index (χ3n) is 8.24. The number of likely N-dealkylation sites (tertiary alicyclic amines) is 2. The van der Waals surface area contributed by atoms with Crippen molar-refractivity contribution < 1.29 is 35.9 Å². The van der Waals surface area contributed by atoms with Crippen LogP contribution in [0.3, 0.4) is 0 Å². The van der Waals surface area contributed by atoms with E-state index in [0.717, 1.165) is 38.2 Å². The second-order valence-electron chi connectivity index (χ2n) is 11.5. The number of anilines is 1. The molecule has 9 nitrogen and oxygen atoms in total. The Bertz CT molecular complexity index is 1540. The molecule has 0 bridgehead atoms. The molecule has 0 unspecified atom stereocenters. The Morgan fingerprint density at radius 3 is 2.17 bits per heavy atom. The molecule has 0 saturated carbocycles. The highest BCUT2D eigenvalue weighted by atomic mass is 32.2. The molecule has 2 aliphatic heterocycles. The zero-order chi connectivity index (χ0) is 32.6. The second kappa shape index (κ2) is 15.2. The van der Waals surface area contributed by atoms with Gasteiger partial charge in [-0.1, -0.05) is 18.6 Å². The van der Waals surface area contributed by atoms with Gasteiger partial charge >= 0.3 is 6.36 Å². The summed E-state index contributed by atoms with van der Waals surface area (Å²) in [7, 11) is -4.06. The maximum Gasteiger partial charge on any atom is 0.573 e. The van der Waals surface area contributed by atoms with E-state index in [-0.39, 0.29) is 28.0 Å². The van der Waals surface area contributed by atoms with Crippen molar-refractivity contribution in [2.45, 2.75) is 55.8 Å². The Hall–Kier alpha value is -3.81. The molecule has 5 rings (SSSR count). The van der Waals surface area contributed by atoms with Gasteiger partial charge in [-0.2, -0.15) is 0 Å². The normalized spacial score (nSPS) is 16.9. The van der Waals surface area contributed by atoms with Crippen LogP contribution in [0.25, 0.3) is 0 Å². The molecule has 248 valence electrons. The number of benzene rings is 3. The quantitative estimate of drug-likeness (QED) is 0.222. The lowest BCUT2D eigenvalue weighted by Gasteiger charge is -2.40. The van der Waals surface area contributed by atoms with E-state index >= 15 is 0 Å². The van der Waals surface area contributed by atoms with Crippen LogP contribution < -0.4 is 19.5 Å². The van der Waals surface area contributed by atoms with Crippen molar-refractivity contribution in [1.29, 1.82) is 0 Å². The van der Waals surface area contributed by atoms with Crippen LogP contribution >= 0.6 is 0 Å². The summed E-state index contributed by atoms with van der Waals surface area (Å²) in [6.45, 7) is 6.10. The number of carbonyl (C=O) groups is 1. The van der Waals surface area contributed by atoms with Gasteiger partial charge in [0.25, 0.3) is 15.9 Å². The lowest BCUT2D eigenvalue weighted by Crippen LogP contribution is -2.47. The largest absolute Gasteiger partial charge is 0.573 e. The summed E-state index contributed by atoms with van der Waals surface area (Å²) in [6.07, 6.45) is 2.40. The van der Waals surface area contributed by atoms with Crippen molar-refractivity contribution in [2.75, 3.05) is 44.0 Å². The van der Waals surface area contributed by atoms with Gasteiger partial charge in [0.1, 0.15) is 11.5 Å². The number of sulfonamides is 1. The van der Waals surface area contributed by atoms with Crippen molar-refractivity contribution in [3.05, 3.63) is 78.4 Å². The van der Waals surface area contributed by atoms with Crippen LogP contribution in [0.4, 0.5) is 18.9 Å². The van der Waals surface area contributed by atoms with E-state index in [1.54, 1.807) is 12.1 Å². The molecular weight excluding hydrogens is 621 g/mol. The van der Waals surface area contributed by atoms with E-state index in [9.17, 15) is 26.4 Å². The molecule has 0 spiro atoms. The fourth-order valence-corrected chi connectivity index (χ4v) is 6.93. The number of rotatable bonds is 12. The fourth-order valence-electron chi connectivity index (χ4n) is 5.86. The van der Waals surface area contributed by atoms with E-state index in [2.05, 4.69) is 24.6 Å². The maximum atomic E-state index is 13.1. The molecule has 2 fully saturated rings. The number of piperidine rings is 2. The zero-order valence-electron chi connectivity index (χ0n) is 25.5. The van der Waals surface area contributed by atoms with Gasteiger partial charge in [-0.3, -0.25) is 9.52 Å². The smallest absolute Gasteiger partial charge is 0.455 e. The molecule has 3 aromatic rings. The summed E-state index contributed by atoms with van der Waals surface area (Å²) in [5, 5.41) is 2.92. The van der Waals surface area contributed by atoms with Gasteiger partial charge in [-0.25, -0.2) is 8.42 Å². The van der Waals surface area contributed by atoms with E-state index < -0.39 is 22.1 Å². The molecular formula is C33H39F3N4O5S. The molecule has 46 heavy (non-hydrogen) atoms. The molecule has 0 aliphatic carbocycles. The molecule has 2 heterocycles. The van der Waals surface area contributed by atoms with Gasteiger partial charge in [0.15, 0.2) is 5.75 Å². The van der Waals surface area contributed by atoms with Crippen molar-refractivity contribution in [1.82, 2.24) is 15.1 Å². The Morgan fingerprint density at radius 2 is 1.50 bits per heavy atom. The lowest BCUT2D eigenvalue weighted by atomic mass is 10.00. The van der Waals surface area contributed by atoms with E-state index in [1.807, 2.05) is 0 Å². The molecule has 2 aliphatic rings. The minimum Gasteiger partial charge on any atom is -0.455 e. The number of para-hydroxylation sites is 2. The van der Waals surface area contributed by atoms with E-state index in [4.69, 9.17) is 4.74 Å². The van der Waals surface area contributed by atoms with Gasteiger partial charge < -0.3 is 24.6 Å². The summed E-state index contributed by atoms with van der Waals surface area (Å²) < 4.78 is 75.6. The minimum atomic E-state index is -4.82. The molecule has 13 heteroatoms. The Morgan fingerprint density at radius 1 is 0.848 bits per heavy atom. The molecule has 0 aromatic heterocycles. The third-order valence-corrected chi connectivity index (χ3v) is 9.63. The number of ether oxygens (including phenoxy) is 2. The van der Waals surface area contributed by atoms with Crippen molar-refractivity contribution in [3.63, 3.8) is 0 Å². The van der Waals surface area contributed by atoms with E-state index in [1.165, 1.54) is 93.7 Å². The highest BCUT2D eigenvalue weighted by molar-refractivity contribution is 7.92. The maximum absolute atomic E-state index is 13.1. The summed E-state index contributed by atoms with van der Waals surface area (Å²) in [5.74, 6) is -0.373. The Kier molecular flexibility index (Phi) is 11.1. The van der Waals surface area contributed by atoms with Crippen LogP contribution in [0.1, 0.15) is 48.9 Å². The standard InChI is InChI=1S/C33H39F3N4O5S/c34-33(35,36)45-28-13-11-27(12-14-28)44-31-8-3-2-7-30(31)38-46(42,43)29-15-9-25(10-16-29)32(41)37-19-6-20-39-23-17-26(18-24-39)40-21-4-1-5-22-40/h2-3,7-16,26,38H,1,4-6,17-24H2,(H,37,41). The average molecular weight is 661 g/mol. The van der Waals surface area contributed by atoms with Crippen LogP contribution in [0.15, 0.2) is 77.7 Å². The minimum absolute atomic E-state index is 0.0551. The monoisotopic (exact) mass is 660 g/mol. The van der Waals surface area contributed by atoms with Gasteiger partial charge in [0, 0.05) is 18.2 Å². The zero-order valence-corrected chi connectivity index (χ0v) is 26.3. The van der Waals surface area contributed by atoms with Crippen molar-refractivity contribution >= 4 is 21.6 Å². The van der Waals surface area contributed by atoms with Gasteiger partial charge in [-0.15, -0.1) is 13.2 Å². The number of nitrogens with zero attached hydrogens (tertiary/aromatic N) is 2. The van der Waals surface area contributed by atoms with Crippen LogP contribution in [0.2, 0.25) is 0 Å². The van der Waals surface area contributed by atoms with Gasteiger partial charge in [0.2, 0.25) is 0 Å². The highest BCUT2D eigenvalue weighted by Crippen LogP contribution is 2.33. The Balaban J connectivity index is 1.08. The number of hydrogen-bond donors (Lipinski definition) is 2. The molecule has 1 amide bonds. The van der Waals surface area contributed by atoms with Crippen LogP contribution in [0, 0.1) is 0 Å². The third kappa shape index (κ3) is 9.60. The molecule has 2 saturated heterocycles. The molecule has 2 N–H and O–H groups in total. The first-order valence-electron chi connectivity index (χ1n) is 15.6. The summed E-state index contributed by atoms with van der Waals surface area (Å²) in [4.78, 5) is 17.8. The predicted molar refractivity (Wildman–Crippen MR) is 169 cm³/mol. The summed E-state index contributed by atoms with van der Waals surface area (Å²) >= 11 is 0. The SMILES string of the molecule is O=C(NCCCN1CCC(N2CCCCC2)CC1)c1ccc(S(=O)(=O)Nc2ccccc2Oc2ccc(OC(F)(F)F)cc2)cc1. The first-order valence-corrected chi connectivity index (χ1v) is 17.0. The topological polar surface area (TPSA) is 100 Å². The first-order chi connectivity index (χ1) is 22.1. The highest BCUT2D eigenvalue weighted by Gasteiger charge is 2.31. The molecule has 3 aromatic carbocycles. The molecule has 0 radical (unpaired) electrons. The number of nitrogens with one attached hydrogen (secondary N) is 2. The second-order valence-corrected chi connectivity index (χ2v) is 13.2. The summed E-state index contributed by atoms with van der Waals surface area (Å²) in [6, 6.07) is 17.3.